The molecule has 0 aliphatic heterocycles. The molecule has 0 amide bonds. The summed E-state index contributed by atoms with van der Waals surface area (Å²) in [6, 6.07) is 3.76. The lowest BCUT2D eigenvalue weighted by molar-refractivity contribution is 0.0526. The van der Waals surface area contributed by atoms with Crippen molar-refractivity contribution in [3.05, 3.63) is 35.2 Å². The number of anilines is 1. The number of H-pyrrole nitrogens is 1. The first-order chi connectivity index (χ1) is 10.0. The van der Waals surface area contributed by atoms with Crippen LogP contribution in [0.5, 0.6) is 0 Å². The van der Waals surface area contributed by atoms with Crippen LogP contribution >= 0.6 is 11.6 Å². The molecule has 2 N–H and O–H groups in total. The number of carbonyl (C=O) groups excluding carboxylic acids is 1. The van der Waals surface area contributed by atoms with Crippen LogP contribution in [0.15, 0.2) is 24.5 Å². The molecule has 0 bridgehead atoms. The summed E-state index contributed by atoms with van der Waals surface area (Å²) in [6.45, 7) is 6.20. The molecule has 21 heavy (non-hydrogen) atoms. The van der Waals surface area contributed by atoms with Gasteiger partial charge in [0.1, 0.15) is 5.15 Å². The average Bonchev–Trinajstić information content (AvgIpc) is 2.88. The Hall–Kier alpha value is -2.01. The topological polar surface area (TPSA) is 67.0 Å². The number of nitrogens with zero attached hydrogens (tertiary/aromatic N) is 1. The molecular formula is C15H18ClN3O2. The third kappa shape index (κ3) is 3.76. The minimum absolute atomic E-state index is 0.252. The normalized spacial score (nSPS) is 10.7. The van der Waals surface area contributed by atoms with Crippen molar-refractivity contribution in [3.63, 3.8) is 0 Å². The van der Waals surface area contributed by atoms with Crippen molar-refractivity contribution in [1.82, 2.24) is 9.97 Å². The SMILES string of the molecule is CCOC(=O)c1c[nH]c(-c2cnc(Cl)cc2NC(C)C)c1. The van der Waals surface area contributed by atoms with Crippen molar-refractivity contribution in [2.24, 2.45) is 0 Å². The molecule has 6 heteroatoms. The Morgan fingerprint density at radius 2 is 2.24 bits per heavy atom. The van der Waals surface area contributed by atoms with Gasteiger partial charge < -0.3 is 15.0 Å². The van der Waals surface area contributed by atoms with E-state index in [1.165, 1.54) is 0 Å². The predicted octanol–water partition coefficient (Wildman–Crippen LogP) is 3.73. The summed E-state index contributed by atoms with van der Waals surface area (Å²) in [5.41, 5.74) is 2.98. The Balaban J connectivity index is 2.35. The second-order valence-corrected chi connectivity index (χ2v) is 5.26. The lowest BCUT2D eigenvalue weighted by Gasteiger charge is -2.14. The molecule has 0 radical (unpaired) electrons. The molecule has 2 heterocycles. The van der Waals surface area contributed by atoms with Crippen molar-refractivity contribution in [2.45, 2.75) is 26.8 Å². The summed E-state index contributed by atoms with van der Waals surface area (Å²) in [5, 5.41) is 3.73. The zero-order valence-corrected chi connectivity index (χ0v) is 13.0. The molecule has 0 atom stereocenters. The zero-order chi connectivity index (χ0) is 15.4. The number of aromatic nitrogens is 2. The van der Waals surface area contributed by atoms with E-state index in [1.54, 1.807) is 31.5 Å². The molecule has 112 valence electrons. The summed E-state index contributed by atoms with van der Waals surface area (Å²) < 4.78 is 4.98. The molecule has 2 aromatic rings. The largest absolute Gasteiger partial charge is 0.462 e. The fourth-order valence-corrected chi connectivity index (χ4v) is 2.11. The molecule has 0 aromatic carbocycles. The summed E-state index contributed by atoms with van der Waals surface area (Å²) in [7, 11) is 0. The molecule has 0 aliphatic rings. The van der Waals surface area contributed by atoms with Crippen molar-refractivity contribution < 1.29 is 9.53 Å². The van der Waals surface area contributed by atoms with Crippen LogP contribution in [-0.2, 0) is 4.74 Å². The monoisotopic (exact) mass is 307 g/mol. The van der Waals surface area contributed by atoms with Crippen LogP contribution in [0, 0.1) is 0 Å². The lowest BCUT2D eigenvalue weighted by Crippen LogP contribution is -2.10. The number of halogens is 1. The maximum absolute atomic E-state index is 11.7. The van der Waals surface area contributed by atoms with E-state index in [9.17, 15) is 4.79 Å². The Morgan fingerprint density at radius 3 is 2.90 bits per heavy atom. The van der Waals surface area contributed by atoms with Gasteiger partial charge in [0, 0.05) is 35.4 Å². The minimum Gasteiger partial charge on any atom is -0.462 e. The number of carbonyl (C=O) groups is 1. The minimum atomic E-state index is -0.347. The van der Waals surface area contributed by atoms with Gasteiger partial charge in [-0.05, 0) is 32.9 Å². The number of rotatable bonds is 5. The Labute approximate surface area is 128 Å². The van der Waals surface area contributed by atoms with Crippen LogP contribution in [0.2, 0.25) is 5.15 Å². The van der Waals surface area contributed by atoms with Gasteiger partial charge in [0.2, 0.25) is 0 Å². The second kappa shape index (κ2) is 6.63. The van der Waals surface area contributed by atoms with Gasteiger partial charge in [-0.2, -0.15) is 0 Å². The maximum Gasteiger partial charge on any atom is 0.339 e. The van der Waals surface area contributed by atoms with Crippen molar-refractivity contribution in [3.8, 4) is 11.3 Å². The van der Waals surface area contributed by atoms with Gasteiger partial charge in [0.25, 0.3) is 0 Å². The number of ether oxygens (including phenoxy) is 1. The number of pyridine rings is 1. The van der Waals surface area contributed by atoms with E-state index in [0.29, 0.717) is 17.3 Å². The number of hydrogen-bond acceptors (Lipinski definition) is 4. The lowest BCUT2D eigenvalue weighted by atomic mass is 10.1. The van der Waals surface area contributed by atoms with Crippen LogP contribution in [-0.4, -0.2) is 28.6 Å². The van der Waals surface area contributed by atoms with Gasteiger partial charge in [0.05, 0.1) is 12.2 Å². The van der Waals surface area contributed by atoms with Crippen molar-refractivity contribution in [1.29, 1.82) is 0 Å². The molecule has 0 unspecified atom stereocenters. The van der Waals surface area contributed by atoms with Crippen LogP contribution in [0.1, 0.15) is 31.1 Å². The fourth-order valence-electron chi connectivity index (χ4n) is 1.96. The second-order valence-electron chi connectivity index (χ2n) is 4.87. The smallest absolute Gasteiger partial charge is 0.339 e. The molecule has 5 nitrogen and oxygen atoms in total. The van der Waals surface area contributed by atoms with Crippen LogP contribution in [0.25, 0.3) is 11.3 Å². The molecule has 0 fully saturated rings. The van der Waals surface area contributed by atoms with Gasteiger partial charge >= 0.3 is 5.97 Å². The van der Waals surface area contributed by atoms with Crippen LogP contribution in [0.4, 0.5) is 5.69 Å². The average molecular weight is 308 g/mol. The molecule has 0 saturated carbocycles. The maximum atomic E-state index is 11.7. The standard InChI is InChI=1S/C15H18ClN3O2/c1-4-21-15(20)10-5-12(17-7-10)11-8-18-14(16)6-13(11)19-9(2)3/h5-9,17H,4H2,1-3H3,(H,18,19). The van der Waals surface area contributed by atoms with E-state index in [0.717, 1.165) is 16.9 Å². The first kappa shape index (κ1) is 15.4. The number of hydrogen-bond donors (Lipinski definition) is 2. The number of esters is 1. The highest BCUT2D eigenvalue weighted by Gasteiger charge is 2.13. The molecular weight excluding hydrogens is 290 g/mol. The van der Waals surface area contributed by atoms with E-state index < -0.39 is 0 Å². The predicted molar refractivity (Wildman–Crippen MR) is 83.7 cm³/mol. The summed E-state index contributed by atoms with van der Waals surface area (Å²) in [6.07, 6.45) is 3.30. The highest BCUT2D eigenvalue weighted by atomic mass is 35.5. The van der Waals surface area contributed by atoms with Gasteiger partial charge in [0.15, 0.2) is 0 Å². The van der Waals surface area contributed by atoms with Crippen LogP contribution in [0.3, 0.4) is 0 Å². The third-order valence-electron chi connectivity index (χ3n) is 2.80. The van der Waals surface area contributed by atoms with Gasteiger partial charge in [-0.25, -0.2) is 9.78 Å². The first-order valence-electron chi connectivity index (χ1n) is 6.79. The number of nitrogens with one attached hydrogen (secondary N) is 2. The number of aromatic amines is 1. The quantitative estimate of drug-likeness (QED) is 0.652. The summed E-state index contributed by atoms with van der Waals surface area (Å²) in [5.74, 6) is -0.347. The molecule has 0 saturated heterocycles. The highest BCUT2D eigenvalue weighted by molar-refractivity contribution is 6.29. The molecule has 0 aliphatic carbocycles. The highest BCUT2D eigenvalue weighted by Crippen LogP contribution is 2.29. The molecule has 0 spiro atoms. The fraction of sp³-hybridized carbons (Fsp3) is 0.333. The summed E-state index contributed by atoms with van der Waals surface area (Å²) >= 11 is 5.95. The molecule has 2 rings (SSSR count). The van der Waals surface area contributed by atoms with Gasteiger partial charge in [-0.15, -0.1) is 0 Å². The van der Waals surface area contributed by atoms with Gasteiger partial charge in [-0.3, -0.25) is 0 Å². The van der Waals surface area contributed by atoms with Crippen molar-refractivity contribution in [2.75, 3.05) is 11.9 Å². The molecule has 2 aromatic heterocycles. The van der Waals surface area contributed by atoms with E-state index in [-0.39, 0.29) is 12.0 Å². The summed E-state index contributed by atoms with van der Waals surface area (Å²) in [4.78, 5) is 18.9. The van der Waals surface area contributed by atoms with Crippen LogP contribution < -0.4 is 5.32 Å². The van der Waals surface area contributed by atoms with E-state index >= 15 is 0 Å². The Bertz CT molecular complexity index is 638. The first-order valence-corrected chi connectivity index (χ1v) is 7.17. The van der Waals surface area contributed by atoms with E-state index in [1.807, 2.05) is 13.8 Å². The van der Waals surface area contributed by atoms with E-state index in [2.05, 4.69) is 15.3 Å². The third-order valence-corrected chi connectivity index (χ3v) is 3.01. The van der Waals surface area contributed by atoms with Gasteiger partial charge in [-0.1, -0.05) is 11.6 Å². The van der Waals surface area contributed by atoms with Crippen molar-refractivity contribution >= 4 is 23.3 Å². The Morgan fingerprint density at radius 1 is 1.48 bits per heavy atom. The van der Waals surface area contributed by atoms with E-state index in [4.69, 9.17) is 16.3 Å². The Kier molecular flexibility index (Phi) is 4.85. The zero-order valence-electron chi connectivity index (χ0n) is 12.2.